The predicted octanol–water partition coefficient (Wildman–Crippen LogP) is 1.34. The maximum Gasteiger partial charge on any atom is 0.419 e. The fourth-order valence-electron chi connectivity index (χ4n) is 2.09. The van der Waals surface area contributed by atoms with Gasteiger partial charge in [0.15, 0.2) is 5.58 Å². The predicted molar refractivity (Wildman–Crippen MR) is 68.3 cm³/mol. The van der Waals surface area contributed by atoms with Gasteiger partial charge in [-0.2, -0.15) is 0 Å². The first-order valence-electron chi connectivity index (χ1n) is 5.83. The number of oxazole rings is 1. The van der Waals surface area contributed by atoms with Crippen LogP contribution >= 0.6 is 0 Å². The van der Waals surface area contributed by atoms with Crippen LogP contribution in [0.4, 0.5) is 0 Å². The number of benzene rings is 1. The van der Waals surface area contributed by atoms with E-state index in [9.17, 15) is 9.59 Å². The van der Waals surface area contributed by atoms with Gasteiger partial charge in [-0.1, -0.05) is 6.07 Å². The zero-order chi connectivity index (χ0) is 14.0. The molecule has 0 radical (unpaired) electrons. The lowest BCUT2D eigenvalue weighted by Gasteiger charge is -2.13. The summed E-state index contributed by atoms with van der Waals surface area (Å²) >= 11 is 0. The summed E-state index contributed by atoms with van der Waals surface area (Å²) in [6, 6.07) is 5.24. The van der Waals surface area contributed by atoms with E-state index in [0.717, 1.165) is 5.56 Å². The van der Waals surface area contributed by atoms with Crippen LogP contribution in [0.5, 0.6) is 0 Å². The smallest absolute Gasteiger partial charge is 0.419 e. The highest BCUT2D eigenvalue weighted by molar-refractivity contribution is 5.74. The highest BCUT2D eigenvalue weighted by atomic mass is 16.5. The molecule has 1 N–H and O–H groups in total. The lowest BCUT2D eigenvalue weighted by molar-refractivity contribution is -0.137. The largest absolute Gasteiger partial charge is 0.481 e. The summed E-state index contributed by atoms with van der Waals surface area (Å²) in [5.74, 6) is -1.59. The Labute approximate surface area is 109 Å². The van der Waals surface area contributed by atoms with Gasteiger partial charge in [0.2, 0.25) is 0 Å². The zero-order valence-corrected chi connectivity index (χ0v) is 10.8. The number of carboxylic acids is 1. The Morgan fingerprint density at radius 3 is 2.89 bits per heavy atom. The summed E-state index contributed by atoms with van der Waals surface area (Å²) in [7, 11) is 3.15. The van der Waals surface area contributed by atoms with E-state index < -0.39 is 11.7 Å². The first kappa shape index (κ1) is 13.4. The van der Waals surface area contributed by atoms with Gasteiger partial charge in [-0.3, -0.25) is 9.36 Å². The number of ether oxygens (including phenoxy) is 1. The molecule has 19 heavy (non-hydrogen) atoms. The lowest BCUT2D eigenvalue weighted by Crippen LogP contribution is -2.11. The molecule has 1 aromatic carbocycles. The summed E-state index contributed by atoms with van der Waals surface area (Å²) in [6.07, 6.45) is -0.0313. The molecule has 0 bridgehead atoms. The van der Waals surface area contributed by atoms with Crippen LogP contribution in [0, 0.1) is 0 Å². The van der Waals surface area contributed by atoms with Gasteiger partial charge in [0.25, 0.3) is 0 Å². The van der Waals surface area contributed by atoms with E-state index in [2.05, 4.69) is 0 Å². The van der Waals surface area contributed by atoms with E-state index in [1.54, 1.807) is 25.2 Å². The molecule has 102 valence electrons. The van der Waals surface area contributed by atoms with Crippen molar-refractivity contribution in [2.24, 2.45) is 7.05 Å². The highest BCUT2D eigenvalue weighted by Gasteiger charge is 2.17. The van der Waals surface area contributed by atoms with E-state index in [0.29, 0.717) is 17.7 Å². The summed E-state index contributed by atoms with van der Waals surface area (Å²) in [5, 5.41) is 8.90. The van der Waals surface area contributed by atoms with Crippen molar-refractivity contribution in [2.45, 2.75) is 12.3 Å². The normalized spacial score (nSPS) is 12.7. The summed E-state index contributed by atoms with van der Waals surface area (Å²) in [4.78, 5) is 22.2. The third kappa shape index (κ3) is 2.68. The third-order valence-electron chi connectivity index (χ3n) is 3.08. The summed E-state index contributed by atoms with van der Waals surface area (Å²) in [5.41, 5.74) is 1.92. The van der Waals surface area contributed by atoms with Crippen molar-refractivity contribution in [2.75, 3.05) is 13.7 Å². The Balaban J connectivity index is 2.42. The van der Waals surface area contributed by atoms with Crippen LogP contribution in [-0.2, 0) is 16.6 Å². The second kappa shape index (κ2) is 5.27. The SMILES string of the molecule is COCC(CC(=O)O)c1ccc2c(c1)oc(=O)n2C. The number of rotatable bonds is 5. The molecule has 0 saturated carbocycles. The second-order valence-electron chi connectivity index (χ2n) is 4.40. The molecule has 1 atom stereocenters. The van der Waals surface area contributed by atoms with Crippen molar-refractivity contribution >= 4 is 17.1 Å². The Hall–Kier alpha value is -2.08. The van der Waals surface area contributed by atoms with Crippen molar-refractivity contribution < 1.29 is 19.1 Å². The van der Waals surface area contributed by atoms with Gasteiger partial charge in [0, 0.05) is 20.1 Å². The molecule has 1 aromatic heterocycles. The van der Waals surface area contributed by atoms with Crippen molar-refractivity contribution in [1.82, 2.24) is 4.57 Å². The first-order chi connectivity index (χ1) is 9.02. The number of nitrogens with zero attached hydrogens (tertiary/aromatic N) is 1. The maximum atomic E-state index is 11.4. The Kier molecular flexibility index (Phi) is 3.71. The van der Waals surface area contributed by atoms with Gasteiger partial charge in [-0.25, -0.2) is 4.79 Å². The van der Waals surface area contributed by atoms with Gasteiger partial charge >= 0.3 is 11.7 Å². The summed E-state index contributed by atoms with van der Waals surface area (Å²) in [6.45, 7) is 0.300. The van der Waals surface area contributed by atoms with E-state index in [1.807, 2.05) is 0 Å². The van der Waals surface area contributed by atoms with Crippen LogP contribution in [0.3, 0.4) is 0 Å². The van der Waals surface area contributed by atoms with Crippen molar-refractivity contribution in [3.8, 4) is 0 Å². The lowest BCUT2D eigenvalue weighted by atomic mass is 9.96. The molecule has 2 rings (SSSR count). The standard InChI is InChI=1S/C13H15NO5/c1-14-10-4-3-8(5-11(10)19-13(14)17)9(7-18-2)6-12(15)16/h3-5,9H,6-7H2,1-2H3,(H,15,16). The van der Waals surface area contributed by atoms with Gasteiger partial charge < -0.3 is 14.3 Å². The van der Waals surface area contributed by atoms with Crippen LogP contribution in [0.1, 0.15) is 17.9 Å². The van der Waals surface area contributed by atoms with E-state index in [4.69, 9.17) is 14.3 Å². The van der Waals surface area contributed by atoms with Crippen LogP contribution in [0.25, 0.3) is 11.1 Å². The van der Waals surface area contributed by atoms with Crippen LogP contribution < -0.4 is 5.76 Å². The molecule has 0 spiro atoms. The van der Waals surface area contributed by atoms with E-state index in [1.165, 1.54) is 11.7 Å². The average Bonchev–Trinajstić information content (AvgIpc) is 2.63. The number of aryl methyl sites for hydroxylation is 1. The molecule has 0 amide bonds. The number of carboxylic acid groups (broad SMARTS) is 1. The molecular formula is C13H15NO5. The minimum Gasteiger partial charge on any atom is -0.481 e. The molecule has 6 nitrogen and oxygen atoms in total. The highest BCUT2D eigenvalue weighted by Crippen LogP contribution is 2.24. The molecule has 6 heteroatoms. The molecular weight excluding hydrogens is 250 g/mol. The molecule has 1 heterocycles. The number of aliphatic carboxylic acids is 1. The molecule has 0 aliphatic heterocycles. The first-order valence-corrected chi connectivity index (χ1v) is 5.83. The van der Waals surface area contributed by atoms with Crippen molar-refractivity contribution in [3.63, 3.8) is 0 Å². The number of hydrogen-bond acceptors (Lipinski definition) is 4. The number of hydrogen-bond donors (Lipinski definition) is 1. The molecule has 2 aromatic rings. The Bertz CT molecular complexity index is 655. The fraction of sp³-hybridized carbons (Fsp3) is 0.385. The zero-order valence-electron chi connectivity index (χ0n) is 10.8. The summed E-state index contributed by atoms with van der Waals surface area (Å²) < 4.78 is 11.5. The minimum absolute atomic E-state index is 0.0313. The molecule has 0 saturated heterocycles. The van der Waals surface area contributed by atoms with E-state index in [-0.39, 0.29) is 12.3 Å². The monoisotopic (exact) mass is 265 g/mol. The number of aromatic nitrogens is 1. The van der Waals surface area contributed by atoms with Crippen LogP contribution in [0.2, 0.25) is 0 Å². The Morgan fingerprint density at radius 2 is 2.26 bits per heavy atom. The Morgan fingerprint density at radius 1 is 1.53 bits per heavy atom. The van der Waals surface area contributed by atoms with Gasteiger partial charge in [-0.15, -0.1) is 0 Å². The number of methoxy groups -OCH3 is 1. The van der Waals surface area contributed by atoms with Gasteiger partial charge in [0.1, 0.15) is 0 Å². The topological polar surface area (TPSA) is 81.7 Å². The van der Waals surface area contributed by atoms with Crippen molar-refractivity contribution in [1.29, 1.82) is 0 Å². The van der Waals surface area contributed by atoms with Crippen LogP contribution in [-0.4, -0.2) is 29.4 Å². The number of carbonyl (C=O) groups is 1. The second-order valence-corrected chi connectivity index (χ2v) is 4.40. The van der Waals surface area contributed by atoms with Crippen molar-refractivity contribution in [3.05, 3.63) is 34.3 Å². The molecule has 1 unspecified atom stereocenters. The fourth-order valence-corrected chi connectivity index (χ4v) is 2.09. The van der Waals surface area contributed by atoms with Crippen LogP contribution in [0.15, 0.2) is 27.4 Å². The average molecular weight is 265 g/mol. The minimum atomic E-state index is -0.892. The maximum absolute atomic E-state index is 11.4. The third-order valence-corrected chi connectivity index (χ3v) is 3.08. The van der Waals surface area contributed by atoms with Gasteiger partial charge in [0.05, 0.1) is 18.5 Å². The molecule has 0 fully saturated rings. The molecule has 0 aliphatic carbocycles. The quantitative estimate of drug-likeness (QED) is 0.882. The van der Waals surface area contributed by atoms with E-state index >= 15 is 0 Å². The number of fused-ring (bicyclic) bond motifs is 1. The molecule has 0 aliphatic rings. The van der Waals surface area contributed by atoms with Gasteiger partial charge in [-0.05, 0) is 17.7 Å².